The molecule has 3 aromatic rings. The van der Waals surface area contributed by atoms with E-state index in [-0.39, 0.29) is 0 Å². The predicted molar refractivity (Wildman–Crippen MR) is 99.1 cm³/mol. The number of rotatable bonds is 6. The highest BCUT2D eigenvalue weighted by Gasteiger charge is 2.09. The number of aromatic nitrogens is 3. The largest absolute Gasteiger partial charge is 0.324 e. The van der Waals surface area contributed by atoms with Crippen molar-refractivity contribution in [2.75, 3.05) is 5.32 Å². The van der Waals surface area contributed by atoms with E-state index in [0.29, 0.717) is 11.9 Å². The van der Waals surface area contributed by atoms with Crippen molar-refractivity contribution in [2.45, 2.75) is 30.7 Å². The van der Waals surface area contributed by atoms with E-state index in [1.165, 1.54) is 10.4 Å². The summed E-state index contributed by atoms with van der Waals surface area (Å²) in [5.41, 5.74) is 2.31. The van der Waals surface area contributed by atoms with Gasteiger partial charge in [-0.15, -0.1) is 16.4 Å². The Labute approximate surface area is 148 Å². The number of benzene rings is 1. The molecule has 0 amide bonds. The molecular formula is C16H17ClN4S2. The van der Waals surface area contributed by atoms with Crippen molar-refractivity contribution < 1.29 is 0 Å². The fourth-order valence-corrected chi connectivity index (χ4v) is 4.10. The fraction of sp³-hybridized carbons (Fsp3) is 0.250. The first-order valence-corrected chi connectivity index (χ1v) is 9.45. The van der Waals surface area contributed by atoms with Crippen molar-refractivity contribution in [1.29, 1.82) is 0 Å². The van der Waals surface area contributed by atoms with Crippen LogP contribution < -0.4 is 5.32 Å². The molecule has 0 bridgehead atoms. The minimum absolute atomic E-state index is 0.444. The number of thioether (sulfide) groups is 1. The molecule has 0 aliphatic carbocycles. The van der Waals surface area contributed by atoms with Crippen LogP contribution >= 0.6 is 34.7 Å². The third kappa shape index (κ3) is 4.28. The van der Waals surface area contributed by atoms with E-state index in [1.54, 1.807) is 23.1 Å². The van der Waals surface area contributed by atoms with Crippen LogP contribution in [-0.2, 0) is 5.75 Å². The SMILES string of the molecule is CC(C)c1ccccc1Nc1nc(SCc2ccc(Cl)s2)n[nH]1. The zero-order valence-electron chi connectivity index (χ0n) is 12.8. The number of nitrogens with zero attached hydrogens (tertiary/aromatic N) is 2. The summed E-state index contributed by atoms with van der Waals surface area (Å²) in [5.74, 6) is 1.92. The summed E-state index contributed by atoms with van der Waals surface area (Å²) < 4.78 is 0.809. The van der Waals surface area contributed by atoms with Crippen LogP contribution in [0.5, 0.6) is 0 Å². The number of aromatic amines is 1. The molecule has 0 spiro atoms. The average molecular weight is 365 g/mol. The van der Waals surface area contributed by atoms with E-state index in [1.807, 2.05) is 24.3 Å². The number of H-pyrrole nitrogens is 1. The van der Waals surface area contributed by atoms with Gasteiger partial charge < -0.3 is 5.32 Å². The smallest absolute Gasteiger partial charge is 0.223 e. The van der Waals surface area contributed by atoms with Crippen LogP contribution in [-0.4, -0.2) is 15.2 Å². The highest BCUT2D eigenvalue weighted by atomic mass is 35.5. The number of hydrogen-bond acceptors (Lipinski definition) is 5. The van der Waals surface area contributed by atoms with Crippen LogP contribution in [0, 0.1) is 0 Å². The van der Waals surface area contributed by atoms with Crippen molar-refractivity contribution in [3.8, 4) is 0 Å². The van der Waals surface area contributed by atoms with Crippen molar-refractivity contribution in [3.05, 3.63) is 51.2 Å². The van der Waals surface area contributed by atoms with E-state index >= 15 is 0 Å². The molecule has 23 heavy (non-hydrogen) atoms. The third-order valence-corrected chi connectivity index (χ3v) is 5.58. The molecule has 2 heterocycles. The molecule has 1 aromatic carbocycles. The van der Waals surface area contributed by atoms with Gasteiger partial charge in [0.05, 0.1) is 4.34 Å². The fourth-order valence-electron chi connectivity index (χ4n) is 2.17. The standard InChI is InChI=1S/C16H17ClN4S2/c1-10(2)12-5-3-4-6-13(12)18-15-19-16(21-20-15)22-9-11-7-8-14(17)23-11/h3-8,10H,9H2,1-2H3,(H2,18,19,20,21). The van der Waals surface area contributed by atoms with E-state index < -0.39 is 0 Å². The third-order valence-electron chi connectivity index (χ3n) is 3.27. The molecule has 0 atom stereocenters. The van der Waals surface area contributed by atoms with Gasteiger partial charge in [-0.25, -0.2) is 5.10 Å². The molecule has 0 saturated heterocycles. The number of para-hydroxylation sites is 1. The summed E-state index contributed by atoms with van der Waals surface area (Å²) in [6.07, 6.45) is 0. The van der Waals surface area contributed by atoms with Crippen LogP contribution in [0.3, 0.4) is 0 Å². The average Bonchev–Trinajstić information content (AvgIpc) is 3.14. The van der Waals surface area contributed by atoms with Gasteiger partial charge in [0.15, 0.2) is 0 Å². The predicted octanol–water partition coefficient (Wildman–Crippen LogP) is 5.68. The van der Waals surface area contributed by atoms with Gasteiger partial charge in [0, 0.05) is 16.3 Å². The number of nitrogens with one attached hydrogen (secondary N) is 2. The van der Waals surface area contributed by atoms with Crippen LogP contribution in [0.1, 0.15) is 30.2 Å². The Bertz CT molecular complexity index is 782. The van der Waals surface area contributed by atoms with Gasteiger partial charge in [-0.05, 0) is 29.7 Å². The number of halogens is 1. The number of hydrogen-bond donors (Lipinski definition) is 2. The Balaban J connectivity index is 1.65. The molecular weight excluding hydrogens is 348 g/mol. The summed E-state index contributed by atoms with van der Waals surface area (Å²) in [6, 6.07) is 12.2. The van der Waals surface area contributed by atoms with Crippen LogP contribution in [0.15, 0.2) is 41.6 Å². The molecule has 4 nitrogen and oxygen atoms in total. The lowest BCUT2D eigenvalue weighted by atomic mass is 10.0. The maximum absolute atomic E-state index is 5.94. The number of anilines is 2. The second-order valence-corrected chi connectivity index (χ2v) is 8.07. The quantitative estimate of drug-likeness (QED) is 0.552. The molecule has 3 rings (SSSR count). The van der Waals surface area contributed by atoms with E-state index in [2.05, 4.69) is 46.5 Å². The molecule has 0 radical (unpaired) electrons. The maximum atomic E-state index is 5.94. The Hall–Kier alpha value is -1.50. The molecule has 120 valence electrons. The van der Waals surface area contributed by atoms with Gasteiger partial charge in [-0.3, -0.25) is 0 Å². The second-order valence-electron chi connectivity index (χ2n) is 5.33. The maximum Gasteiger partial charge on any atom is 0.223 e. The van der Waals surface area contributed by atoms with Gasteiger partial charge in [0.2, 0.25) is 11.1 Å². The summed E-state index contributed by atoms with van der Waals surface area (Å²) in [5, 5.41) is 11.2. The van der Waals surface area contributed by atoms with Crippen LogP contribution in [0.2, 0.25) is 4.34 Å². The summed E-state index contributed by atoms with van der Waals surface area (Å²) in [6.45, 7) is 4.35. The van der Waals surface area contributed by atoms with E-state index in [0.717, 1.165) is 20.9 Å². The molecule has 2 aromatic heterocycles. The first kappa shape index (κ1) is 16.4. The Morgan fingerprint density at radius 1 is 1.26 bits per heavy atom. The minimum Gasteiger partial charge on any atom is -0.324 e. The summed E-state index contributed by atoms with van der Waals surface area (Å²) >= 11 is 9.11. The topological polar surface area (TPSA) is 53.6 Å². The van der Waals surface area contributed by atoms with Crippen LogP contribution in [0.4, 0.5) is 11.6 Å². The van der Waals surface area contributed by atoms with Crippen molar-refractivity contribution in [2.24, 2.45) is 0 Å². The normalized spacial score (nSPS) is 11.1. The first-order valence-electron chi connectivity index (χ1n) is 7.27. The van der Waals surface area contributed by atoms with Crippen molar-refractivity contribution in [1.82, 2.24) is 15.2 Å². The number of thiophene rings is 1. The van der Waals surface area contributed by atoms with Crippen molar-refractivity contribution in [3.63, 3.8) is 0 Å². The minimum atomic E-state index is 0.444. The molecule has 0 unspecified atom stereocenters. The zero-order valence-corrected chi connectivity index (χ0v) is 15.2. The Morgan fingerprint density at radius 2 is 2.09 bits per heavy atom. The lowest BCUT2D eigenvalue weighted by Crippen LogP contribution is -1.98. The van der Waals surface area contributed by atoms with Crippen LogP contribution in [0.25, 0.3) is 0 Å². The lowest BCUT2D eigenvalue weighted by molar-refractivity contribution is 0.868. The first-order chi connectivity index (χ1) is 11.1. The van der Waals surface area contributed by atoms with Crippen molar-refractivity contribution >= 4 is 46.3 Å². The van der Waals surface area contributed by atoms with Gasteiger partial charge in [0.1, 0.15) is 0 Å². The van der Waals surface area contributed by atoms with E-state index in [4.69, 9.17) is 11.6 Å². The summed E-state index contributed by atoms with van der Waals surface area (Å²) in [4.78, 5) is 5.70. The molecule has 0 aliphatic heterocycles. The lowest BCUT2D eigenvalue weighted by Gasteiger charge is -2.12. The molecule has 0 saturated carbocycles. The van der Waals surface area contributed by atoms with Gasteiger partial charge >= 0.3 is 0 Å². The summed E-state index contributed by atoms with van der Waals surface area (Å²) in [7, 11) is 0. The van der Waals surface area contributed by atoms with Gasteiger partial charge in [0.25, 0.3) is 0 Å². The zero-order chi connectivity index (χ0) is 16.2. The van der Waals surface area contributed by atoms with Gasteiger partial charge in [-0.1, -0.05) is 55.4 Å². The molecule has 7 heteroatoms. The highest BCUT2D eigenvalue weighted by molar-refractivity contribution is 7.98. The molecule has 0 fully saturated rings. The van der Waals surface area contributed by atoms with Gasteiger partial charge in [-0.2, -0.15) is 4.98 Å². The highest BCUT2D eigenvalue weighted by Crippen LogP contribution is 2.29. The Morgan fingerprint density at radius 3 is 2.83 bits per heavy atom. The Kier molecular flexibility index (Phi) is 5.25. The monoisotopic (exact) mass is 364 g/mol. The molecule has 2 N–H and O–H groups in total. The molecule has 0 aliphatic rings. The second kappa shape index (κ2) is 7.38. The van der Waals surface area contributed by atoms with E-state index in [9.17, 15) is 0 Å².